The van der Waals surface area contributed by atoms with Crippen molar-refractivity contribution in [1.29, 1.82) is 0 Å². The molecule has 1 N–H and O–H groups in total. The number of hydrogen-bond donors (Lipinski definition) is 1. The van der Waals surface area contributed by atoms with Crippen LogP contribution in [-0.2, 0) is 6.42 Å². The Hall–Kier alpha value is -1.02. The van der Waals surface area contributed by atoms with Crippen molar-refractivity contribution in [2.45, 2.75) is 32.1 Å². The Kier molecular flexibility index (Phi) is 4.06. The average molecular weight is 233 g/mol. The highest BCUT2D eigenvalue weighted by atomic mass is 16.5. The van der Waals surface area contributed by atoms with E-state index in [-0.39, 0.29) is 0 Å². The number of nitrogens with one attached hydrogen (secondary N) is 1. The van der Waals surface area contributed by atoms with Crippen LogP contribution in [0, 0.1) is 5.41 Å². The first-order valence-electron chi connectivity index (χ1n) is 6.56. The summed E-state index contributed by atoms with van der Waals surface area (Å²) in [4.78, 5) is 0. The maximum atomic E-state index is 5.30. The van der Waals surface area contributed by atoms with E-state index in [2.05, 4.69) is 30.6 Å². The molecule has 0 aromatic heterocycles. The van der Waals surface area contributed by atoms with E-state index in [1.807, 2.05) is 6.07 Å². The second-order valence-electron chi connectivity index (χ2n) is 5.27. The lowest BCUT2D eigenvalue weighted by Crippen LogP contribution is -2.32. The molecule has 0 unspecified atom stereocenters. The number of rotatable bonds is 5. The van der Waals surface area contributed by atoms with Gasteiger partial charge in [0, 0.05) is 6.54 Å². The van der Waals surface area contributed by atoms with Crippen LogP contribution in [0.1, 0.15) is 31.2 Å². The third-order valence-corrected chi connectivity index (χ3v) is 3.93. The maximum absolute atomic E-state index is 5.30. The highest BCUT2D eigenvalue weighted by Gasteiger charge is 2.33. The van der Waals surface area contributed by atoms with Gasteiger partial charge in [0.1, 0.15) is 5.75 Å². The molecule has 17 heavy (non-hydrogen) atoms. The summed E-state index contributed by atoms with van der Waals surface area (Å²) in [5.41, 5.74) is 1.88. The van der Waals surface area contributed by atoms with Crippen LogP contribution >= 0.6 is 0 Å². The van der Waals surface area contributed by atoms with Gasteiger partial charge in [-0.2, -0.15) is 0 Å². The van der Waals surface area contributed by atoms with Gasteiger partial charge in [-0.15, -0.1) is 0 Å². The molecule has 0 amide bonds. The Balaban J connectivity index is 2.11. The zero-order valence-electron chi connectivity index (χ0n) is 11.0. The first kappa shape index (κ1) is 12.4. The Bertz CT molecular complexity index is 356. The maximum Gasteiger partial charge on any atom is 0.119 e. The van der Waals surface area contributed by atoms with Gasteiger partial charge in [0.25, 0.3) is 0 Å². The Morgan fingerprint density at radius 3 is 2.71 bits per heavy atom. The van der Waals surface area contributed by atoms with E-state index in [4.69, 9.17) is 4.74 Å². The molecule has 1 fully saturated rings. The summed E-state index contributed by atoms with van der Waals surface area (Å²) in [5, 5.41) is 3.37. The van der Waals surface area contributed by atoms with Gasteiger partial charge in [0.2, 0.25) is 0 Å². The first-order chi connectivity index (χ1) is 8.28. The van der Waals surface area contributed by atoms with Crippen LogP contribution in [0.4, 0.5) is 0 Å². The minimum Gasteiger partial charge on any atom is -0.497 e. The van der Waals surface area contributed by atoms with E-state index in [0.717, 1.165) is 12.3 Å². The van der Waals surface area contributed by atoms with Crippen molar-refractivity contribution in [2.24, 2.45) is 5.41 Å². The zero-order chi connectivity index (χ0) is 12.1. The standard InChI is InChI=1S/C15H23NO/c1-16-12-15(8-3-4-9-15)11-13-6-5-7-14(10-13)17-2/h5-7,10,16H,3-4,8-9,11-12H2,1-2H3. The third kappa shape index (κ3) is 3.01. The van der Waals surface area contributed by atoms with Gasteiger partial charge in [0.05, 0.1) is 7.11 Å². The van der Waals surface area contributed by atoms with Crippen molar-refractivity contribution in [2.75, 3.05) is 20.7 Å². The fourth-order valence-corrected chi connectivity index (χ4v) is 3.13. The van der Waals surface area contributed by atoms with Crippen LogP contribution in [-0.4, -0.2) is 20.7 Å². The second kappa shape index (κ2) is 5.54. The minimum absolute atomic E-state index is 0.473. The smallest absolute Gasteiger partial charge is 0.119 e. The summed E-state index contributed by atoms with van der Waals surface area (Å²) in [6.07, 6.45) is 6.64. The predicted molar refractivity (Wildman–Crippen MR) is 71.5 cm³/mol. The number of methoxy groups -OCH3 is 1. The van der Waals surface area contributed by atoms with E-state index in [0.29, 0.717) is 5.41 Å². The van der Waals surface area contributed by atoms with E-state index in [9.17, 15) is 0 Å². The quantitative estimate of drug-likeness (QED) is 0.844. The molecule has 94 valence electrons. The fourth-order valence-electron chi connectivity index (χ4n) is 3.13. The van der Waals surface area contributed by atoms with E-state index in [1.54, 1.807) is 7.11 Å². The monoisotopic (exact) mass is 233 g/mol. The summed E-state index contributed by atoms with van der Waals surface area (Å²) < 4.78 is 5.30. The largest absolute Gasteiger partial charge is 0.497 e. The second-order valence-corrected chi connectivity index (χ2v) is 5.27. The molecular formula is C15H23NO. The summed E-state index contributed by atoms with van der Waals surface area (Å²) in [6.45, 7) is 1.13. The number of ether oxygens (including phenoxy) is 1. The van der Waals surface area contributed by atoms with Crippen LogP contribution in [0.25, 0.3) is 0 Å². The van der Waals surface area contributed by atoms with Crippen LogP contribution in [0.5, 0.6) is 5.75 Å². The van der Waals surface area contributed by atoms with Gasteiger partial charge in [-0.05, 0) is 49.4 Å². The molecule has 0 radical (unpaired) electrons. The van der Waals surface area contributed by atoms with Crippen molar-refractivity contribution >= 4 is 0 Å². The Labute approximate surface area is 104 Å². The molecule has 0 saturated heterocycles. The molecule has 0 bridgehead atoms. The highest BCUT2D eigenvalue weighted by Crippen LogP contribution is 2.40. The third-order valence-electron chi connectivity index (χ3n) is 3.93. The van der Waals surface area contributed by atoms with Gasteiger partial charge in [0.15, 0.2) is 0 Å². The minimum atomic E-state index is 0.473. The van der Waals surface area contributed by atoms with Gasteiger partial charge in [-0.25, -0.2) is 0 Å². The normalized spacial score (nSPS) is 18.2. The highest BCUT2D eigenvalue weighted by molar-refractivity contribution is 5.29. The molecular weight excluding hydrogens is 210 g/mol. The molecule has 2 rings (SSSR count). The lowest BCUT2D eigenvalue weighted by atomic mass is 9.80. The van der Waals surface area contributed by atoms with Crippen LogP contribution in [0.3, 0.4) is 0 Å². The Morgan fingerprint density at radius 2 is 2.06 bits per heavy atom. The van der Waals surface area contributed by atoms with Gasteiger partial charge >= 0.3 is 0 Å². The van der Waals surface area contributed by atoms with Crippen LogP contribution in [0.2, 0.25) is 0 Å². The lowest BCUT2D eigenvalue weighted by molar-refractivity contribution is 0.285. The first-order valence-corrected chi connectivity index (χ1v) is 6.56. The van der Waals surface area contributed by atoms with E-state index >= 15 is 0 Å². The van der Waals surface area contributed by atoms with E-state index < -0.39 is 0 Å². The summed E-state index contributed by atoms with van der Waals surface area (Å²) in [6, 6.07) is 8.51. The Morgan fingerprint density at radius 1 is 1.29 bits per heavy atom. The molecule has 0 heterocycles. The molecule has 1 saturated carbocycles. The zero-order valence-corrected chi connectivity index (χ0v) is 11.0. The summed E-state index contributed by atoms with van der Waals surface area (Å²) in [5.74, 6) is 0.972. The molecule has 2 nitrogen and oxygen atoms in total. The topological polar surface area (TPSA) is 21.3 Å². The van der Waals surface area contributed by atoms with Gasteiger partial charge in [-0.3, -0.25) is 0 Å². The average Bonchev–Trinajstić information content (AvgIpc) is 2.78. The molecule has 1 aromatic carbocycles. The van der Waals surface area contributed by atoms with Crippen LogP contribution in [0.15, 0.2) is 24.3 Å². The molecule has 2 heteroatoms. The van der Waals surface area contributed by atoms with Crippen molar-refractivity contribution in [3.8, 4) is 5.75 Å². The SMILES string of the molecule is CNCC1(Cc2cccc(OC)c2)CCCC1. The van der Waals surface area contributed by atoms with Gasteiger partial charge in [-0.1, -0.05) is 25.0 Å². The summed E-state index contributed by atoms with van der Waals surface area (Å²) >= 11 is 0. The molecule has 1 aliphatic rings. The molecule has 0 aliphatic heterocycles. The number of hydrogen-bond acceptors (Lipinski definition) is 2. The molecule has 1 aliphatic carbocycles. The lowest BCUT2D eigenvalue weighted by Gasteiger charge is -2.29. The molecule has 0 atom stereocenters. The number of benzene rings is 1. The van der Waals surface area contributed by atoms with Crippen LogP contribution < -0.4 is 10.1 Å². The van der Waals surface area contributed by atoms with E-state index in [1.165, 1.54) is 37.7 Å². The van der Waals surface area contributed by atoms with Gasteiger partial charge < -0.3 is 10.1 Å². The van der Waals surface area contributed by atoms with Crippen molar-refractivity contribution in [1.82, 2.24) is 5.32 Å². The molecule has 1 aromatic rings. The van der Waals surface area contributed by atoms with Crippen molar-refractivity contribution < 1.29 is 4.74 Å². The van der Waals surface area contributed by atoms with Crippen molar-refractivity contribution in [3.63, 3.8) is 0 Å². The summed E-state index contributed by atoms with van der Waals surface area (Å²) in [7, 11) is 3.80. The fraction of sp³-hybridized carbons (Fsp3) is 0.600. The predicted octanol–water partition coefficient (Wildman–Crippen LogP) is 3.02. The molecule has 0 spiro atoms. The van der Waals surface area contributed by atoms with Crippen molar-refractivity contribution in [3.05, 3.63) is 29.8 Å².